The van der Waals surface area contributed by atoms with Crippen LogP contribution in [0.3, 0.4) is 0 Å². The Balaban J connectivity index is 1.40. The second-order valence-electron chi connectivity index (χ2n) is 7.58. The summed E-state index contributed by atoms with van der Waals surface area (Å²) in [5, 5.41) is 0.744. The number of nitrogens with zero attached hydrogens (tertiary/aromatic N) is 3. The lowest BCUT2D eigenvalue weighted by atomic mass is 9.91. The van der Waals surface area contributed by atoms with Crippen LogP contribution in [0.5, 0.6) is 0 Å². The molecule has 30 heavy (non-hydrogen) atoms. The predicted octanol–water partition coefficient (Wildman–Crippen LogP) is 3.96. The molecule has 3 heterocycles. The standard InChI is InChI=1S/C22H24FN3O3S/c1-2-30-19-17(7-5-11-24-19)20(27)25-12-9-22(10-13-25)15-26(21(28)29-22)14-16-6-3-4-8-18(16)23/h3-8,11H,2,9-10,12-15H2,1H3. The van der Waals surface area contributed by atoms with Crippen molar-refractivity contribution in [1.29, 1.82) is 0 Å². The van der Waals surface area contributed by atoms with Gasteiger partial charge in [-0.2, -0.15) is 0 Å². The Morgan fingerprint density at radius 2 is 2.00 bits per heavy atom. The summed E-state index contributed by atoms with van der Waals surface area (Å²) in [6.07, 6.45) is 2.40. The van der Waals surface area contributed by atoms with Crippen LogP contribution in [0.1, 0.15) is 35.7 Å². The summed E-state index contributed by atoms with van der Waals surface area (Å²) >= 11 is 1.55. The number of benzene rings is 1. The molecule has 0 radical (unpaired) electrons. The van der Waals surface area contributed by atoms with Gasteiger partial charge in [-0.3, -0.25) is 9.69 Å². The first kappa shape index (κ1) is 20.7. The lowest BCUT2D eigenvalue weighted by Crippen LogP contribution is -2.48. The largest absolute Gasteiger partial charge is 0.441 e. The van der Waals surface area contributed by atoms with Gasteiger partial charge < -0.3 is 9.64 Å². The molecule has 0 atom stereocenters. The second kappa shape index (κ2) is 8.63. The van der Waals surface area contributed by atoms with Gasteiger partial charge in [0.2, 0.25) is 0 Å². The Labute approximate surface area is 179 Å². The van der Waals surface area contributed by atoms with Gasteiger partial charge in [0.15, 0.2) is 0 Å². The van der Waals surface area contributed by atoms with Crippen LogP contribution in [0.4, 0.5) is 9.18 Å². The Bertz CT molecular complexity index is 947. The summed E-state index contributed by atoms with van der Waals surface area (Å²) in [6, 6.07) is 10.0. The van der Waals surface area contributed by atoms with Crippen molar-refractivity contribution >= 4 is 23.8 Å². The molecule has 4 rings (SSSR count). The molecule has 2 fully saturated rings. The van der Waals surface area contributed by atoms with E-state index < -0.39 is 11.7 Å². The van der Waals surface area contributed by atoms with Gasteiger partial charge in [0, 0.05) is 37.7 Å². The second-order valence-corrected chi connectivity index (χ2v) is 8.83. The van der Waals surface area contributed by atoms with E-state index in [-0.39, 0.29) is 18.3 Å². The monoisotopic (exact) mass is 429 g/mol. The highest BCUT2D eigenvalue weighted by Crippen LogP contribution is 2.35. The molecule has 0 N–H and O–H groups in total. The molecule has 2 saturated heterocycles. The zero-order valence-electron chi connectivity index (χ0n) is 16.8. The maximum atomic E-state index is 14.0. The summed E-state index contributed by atoms with van der Waals surface area (Å²) in [7, 11) is 0. The number of halogens is 1. The number of hydrogen-bond donors (Lipinski definition) is 0. The molecule has 0 unspecified atom stereocenters. The molecule has 158 valence electrons. The zero-order valence-corrected chi connectivity index (χ0v) is 17.7. The molecule has 0 aliphatic carbocycles. The van der Waals surface area contributed by atoms with E-state index in [0.717, 1.165) is 10.8 Å². The van der Waals surface area contributed by atoms with E-state index in [1.54, 1.807) is 52.0 Å². The van der Waals surface area contributed by atoms with Gasteiger partial charge in [0.05, 0.1) is 18.7 Å². The molecule has 2 aromatic rings. The number of carbonyl (C=O) groups is 2. The quantitative estimate of drug-likeness (QED) is 0.674. The van der Waals surface area contributed by atoms with Crippen LogP contribution < -0.4 is 0 Å². The minimum absolute atomic E-state index is 0.0403. The van der Waals surface area contributed by atoms with Crippen molar-refractivity contribution in [1.82, 2.24) is 14.8 Å². The van der Waals surface area contributed by atoms with E-state index in [2.05, 4.69) is 4.98 Å². The molecular formula is C22H24FN3O3S. The number of thioether (sulfide) groups is 1. The van der Waals surface area contributed by atoms with Crippen molar-refractivity contribution in [2.75, 3.05) is 25.4 Å². The van der Waals surface area contributed by atoms with Crippen molar-refractivity contribution < 1.29 is 18.7 Å². The van der Waals surface area contributed by atoms with Gasteiger partial charge >= 0.3 is 6.09 Å². The Kier molecular flexibility index (Phi) is 5.94. The van der Waals surface area contributed by atoms with Crippen LogP contribution in [-0.2, 0) is 11.3 Å². The van der Waals surface area contributed by atoms with Crippen molar-refractivity contribution in [2.45, 2.75) is 36.9 Å². The van der Waals surface area contributed by atoms with Crippen LogP contribution in [0, 0.1) is 5.82 Å². The first-order chi connectivity index (χ1) is 14.5. The van der Waals surface area contributed by atoms with Crippen molar-refractivity contribution in [3.63, 3.8) is 0 Å². The summed E-state index contributed by atoms with van der Waals surface area (Å²) in [5.41, 5.74) is 0.469. The highest BCUT2D eigenvalue weighted by atomic mass is 32.2. The third-order valence-electron chi connectivity index (χ3n) is 5.60. The minimum atomic E-state index is -0.616. The number of carbonyl (C=O) groups excluding carboxylic acids is 2. The average Bonchev–Trinajstić information content (AvgIpc) is 3.05. The summed E-state index contributed by atoms with van der Waals surface area (Å²) in [4.78, 5) is 33.1. The number of amides is 2. The average molecular weight is 430 g/mol. The molecule has 2 aliphatic heterocycles. The highest BCUT2D eigenvalue weighted by molar-refractivity contribution is 7.99. The Morgan fingerprint density at radius 1 is 1.23 bits per heavy atom. The molecule has 1 aromatic heterocycles. The molecule has 2 aliphatic rings. The Morgan fingerprint density at radius 3 is 2.73 bits per heavy atom. The van der Waals surface area contributed by atoms with Crippen LogP contribution in [0.25, 0.3) is 0 Å². The third kappa shape index (κ3) is 4.14. The van der Waals surface area contributed by atoms with E-state index in [1.807, 2.05) is 13.0 Å². The number of hydrogen-bond acceptors (Lipinski definition) is 5. The number of likely N-dealkylation sites (tertiary alicyclic amines) is 1. The van der Waals surface area contributed by atoms with Gasteiger partial charge in [0.1, 0.15) is 16.4 Å². The first-order valence-electron chi connectivity index (χ1n) is 10.1. The lowest BCUT2D eigenvalue weighted by Gasteiger charge is -2.37. The fraction of sp³-hybridized carbons (Fsp3) is 0.409. The van der Waals surface area contributed by atoms with Gasteiger partial charge in [-0.05, 0) is 24.0 Å². The lowest BCUT2D eigenvalue weighted by molar-refractivity contribution is 0.00300. The SMILES string of the molecule is CCSc1ncccc1C(=O)N1CCC2(CC1)CN(Cc1ccccc1F)C(=O)O2. The van der Waals surface area contributed by atoms with Gasteiger partial charge in [-0.15, -0.1) is 11.8 Å². The Hall–Kier alpha value is -2.61. The van der Waals surface area contributed by atoms with Gasteiger partial charge in [-0.25, -0.2) is 14.2 Å². The molecule has 8 heteroatoms. The molecule has 0 saturated carbocycles. The van der Waals surface area contributed by atoms with Crippen LogP contribution >= 0.6 is 11.8 Å². The van der Waals surface area contributed by atoms with E-state index in [1.165, 1.54) is 6.07 Å². The normalized spacial score (nSPS) is 18.0. The molecule has 1 aromatic carbocycles. The van der Waals surface area contributed by atoms with Crippen molar-refractivity contribution in [3.8, 4) is 0 Å². The van der Waals surface area contributed by atoms with Crippen molar-refractivity contribution in [3.05, 3.63) is 59.5 Å². The number of ether oxygens (including phenoxy) is 1. The van der Waals surface area contributed by atoms with Crippen LogP contribution in [0.2, 0.25) is 0 Å². The maximum Gasteiger partial charge on any atom is 0.410 e. The molecule has 2 amide bonds. The van der Waals surface area contributed by atoms with E-state index in [4.69, 9.17) is 4.74 Å². The smallest absolute Gasteiger partial charge is 0.410 e. The van der Waals surface area contributed by atoms with E-state index >= 15 is 0 Å². The van der Waals surface area contributed by atoms with Crippen LogP contribution in [-0.4, -0.2) is 57.8 Å². The molecule has 6 nitrogen and oxygen atoms in total. The third-order valence-corrected chi connectivity index (χ3v) is 6.49. The zero-order chi connectivity index (χ0) is 21.1. The number of aromatic nitrogens is 1. The summed E-state index contributed by atoms with van der Waals surface area (Å²) < 4.78 is 19.7. The number of piperidine rings is 1. The molecule has 1 spiro atoms. The van der Waals surface area contributed by atoms with E-state index in [0.29, 0.717) is 43.6 Å². The number of pyridine rings is 1. The minimum Gasteiger partial charge on any atom is -0.441 e. The predicted molar refractivity (Wildman–Crippen MR) is 112 cm³/mol. The first-order valence-corrected chi connectivity index (χ1v) is 11.1. The molecule has 0 bridgehead atoms. The summed E-state index contributed by atoms with van der Waals surface area (Å²) in [5.74, 6) is 0.471. The highest BCUT2D eigenvalue weighted by Gasteiger charge is 2.47. The summed E-state index contributed by atoms with van der Waals surface area (Å²) in [6.45, 7) is 3.63. The van der Waals surface area contributed by atoms with Crippen LogP contribution in [0.15, 0.2) is 47.6 Å². The maximum absolute atomic E-state index is 14.0. The van der Waals surface area contributed by atoms with Gasteiger partial charge in [-0.1, -0.05) is 25.1 Å². The fourth-order valence-corrected chi connectivity index (χ4v) is 4.72. The molecular weight excluding hydrogens is 405 g/mol. The van der Waals surface area contributed by atoms with Gasteiger partial charge in [0.25, 0.3) is 5.91 Å². The topological polar surface area (TPSA) is 62.7 Å². The van der Waals surface area contributed by atoms with Crippen molar-refractivity contribution in [2.24, 2.45) is 0 Å². The van der Waals surface area contributed by atoms with E-state index in [9.17, 15) is 14.0 Å². The number of rotatable bonds is 5. The fourth-order valence-electron chi connectivity index (χ4n) is 4.00.